The van der Waals surface area contributed by atoms with Gasteiger partial charge in [0.2, 0.25) is 0 Å². The Bertz CT molecular complexity index is 3540. The molecule has 0 radical (unpaired) electrons. The molecule has 0 aliphatic heterocycles. The molecule has 3 aromatic heterocycles. The topological polar surface area (TPSA) is 56.7 Å². The second-order valence-corrected chi connectivity index (χ2v) is 14.4. The summed E-state index contributed by atoms with van der Waals surface area (Å²) in [7, 11) is 0. The number of rotatable bonds is 4. The highest BCUT2D eigenvalue weighted by molar-refractivity contribution is 6.21. The molecule has 0 bridgehead atoms. The molecular formula is C51H30N4O. The average molecular weight is 715 g/mol. The lowest BCUT2D eigenvalue weighted by Crippen LogP contribution is -2.00. The molecule has 0 N–H and O–H groups in total. The largest absolute Gasteiger partial charge is 0.456 e. The van der Waals surface area contributed by atoms with E-state index in [2.05, 4.69) is 144 Å². The number of hydrogen-bond acceptors (Lipinski definition) is 4. The van der Waals surface area contributed by atoms with Crippen LogP contribution < -0.4 is 0 Å². The molecule has 3 heterocycles. The summed E-state index contributed by atoms with van der Waals surface area (Å²) in [6, 6.07) is 63.9. The highest BCUT2D eigenvalue weighted by Crippen LogP contribution is 2.42. The first-order chi connectivity index (χ1) is 27.7. The monoisotopic (exact) mass is 714 g/mol. The maximum absolute atomic E-state index is 6.60. The first-order valence-electron chi connectivity index (χ1n) is 18.9. The van der Waals surface area contributed by atoms with Crippen molar-refractivity contribution in [2.75, 3.05) is 0 Å². The van der Waals surface area contributed by atoms with Crippen LogP contribution in [0.15, 0.2) is 186 Å². The van der Waals surface area contributed by atoms with E-state index in [1.165, 1.54) is 37.8 Å². The Morgan fingerprint density at radius 2 is 1.02 bits per heavy atom. The average Bonchev–Trinajstić information content (AvgIpc) is 3.80. The van der Waals surface area contributed by atoms with Crippen molar-refractivity contribution in [3.8, 4) is 39.9 Å². The molecular weight excluding hydrogens is 685 g/mol. The summed E-state index contributed by atoms with van der Waals surface area (Å²) in [4.78, 5) is 15.5. The summed E-state index contributed by atoms with van der Waals surface area (Å²) in [5, 5.41) is 11.5. The van der Waals surface area contributed by atoms with Crippen LogP contribution in [0.2, 0.25) is 0 Å². The Morgan fingerprint density at radius 1 is 0.375 bits per heavy atom. The van der Waals surface area contributed by atoms with Crippen LogP contribution >= 0.6 is 0 Å². The molecule has 0 aliphatic carbocycles. The van der Waals surface area contributed by atoms with E-state index in [1.54, 1.807) is 0 Å². The minimum absolute atomic E-state index is 0.592. The number of aromatic nitrogens is 4. The van der Waals surface area contributed by atoms with Crippen molar-refractivity contribution in [1.29, 1.82) is 0 Å². The molecule has 9 aromatic carbocycles. The zero-order valence-corrected chi connectivity index (χ0v) is 30.0. The van der Waals surface area contributed by atoms with Crippen LogP contribution in [0.25, 0.3) is 116 Å². The van der Waals surface area contributed by atoms with E-state index in [1.807, 2.05) is 42.5 Å². The van der Waals surface area contributed by atoms with E-state index < -0.39 is 0 Å². The highest BCUT2D eigenvalue weighted by Gasteiger charge is 2.21. The Kier molecular flexibility index (Phi) is 6.56. The molecule has 5 heteroatoms. The summed E-state index contributed by atoms with van der Waals surface area (Å²) in [5.74, 6) is 1.84. The van der Waals surface area contributed by atoms with Gasteiger partial charge in [-0.2, -0.15) is 0 Å². The second kappa shape index (κ2) is 11.9. The number of benzene rings is 9. The van der Waals surface area contributed by atoms with Crippen molar-refractivity contribution in [2.45, 2.75) is 0 Å². The van der Waals surface area contributed by atoms with Gasteiger partial charge in [-0.15, -0.1) is 0 Å². The van der Waals surface area contributed by atoms with Gasteiger partial charge in [0.05, 0.1) is 11.0 Å². The molecule has 0 saturated heterocycles. The Labute approximate surface area is 320 Å². The number of fused-ring (bicyclic) bond motifs is 10. The van der Waals surface area contributed by atoms with Crippen molar-refractivity contribution in [1.82, 2.24) is 19.5 Å². The van der Waals surface area contributed by atoms with Crippen molar-refractivity contribution >= 4 is 76.1 Å². The van der Waals surface area contributed by atoms with Crippen molar-refractivity contribution < 1.29 is 4.42 Å². The van der Waals surface area contributed by atoms with Crippen molar-refractivity contribution in [3.05, 3.63) is 182 Å². The van der Waals surface area contributed by atoms with E-state index in [-0.39, 0.29) is 0 Å². The molecule has 0 spiro atoms. The second-order valence-electron chi connectivity index (χ2n) is 14.4. The molecule has 5 nitrogen and oxygen atoms in total. The summed E-state index contributed by atoms with van der Waals surface area (Å²) in [6.07, 6.45) is 0. The standard InChI is InChI=1S/C51H30N4O/c1-2-14-33(15-3-1)49-52-50(40-21-10-18-31-12-6-8-19-37(31)40)54-51(53-49)41-22-11-23-46-47(41)43-30-36(25-27-45(43)56-46)55-44-29-35-17-5-4-16-34(35)28-42(44)39-26-24-32-13-7-9-20-38(32)48(39)55/h1-30H. The van der Waals surface area contributed by atoms with Crippen LogP contribution in [0.5, 0.6) is 0 Å². The predicted molar refractivity (Wildman–Crippen MR) is 230 cm³/mol. The zero-order chi connectivity index (χ0) is 36.7. The number of furan rings is 1. The third-order valence-electron chi connectivity index (χ3n) is 11.2. The first kappa shape index (κ1) is 30.8. The zero-order valence-electron chi connectivity index (χ0n) is 30.0. The predicted octanol–water partition coefficient (Wildman–Crippen LogP) is 13.3. The van der Waals surface area contributed by atoms with E-state index in [4.69, 9.17) is 19.4 Å². The maximum Gasteiger partial charge on any atom is 0.164 e. The molecule has 12 rings (SSSR count). The third-order valence-corrected chi connectivity index (χ3v) is 11.2. The fourth-order valence-electron chi connectivity index (χ4n) is 8.62. The van der Waals surface area contributed by atoms with Crippen LogP contribution in [0.4, 0.5) is 0 Å². The van der Waals surface area contributed by atoms with Crippen LogP contribution in [-0.2, 0) is 0 Å². The van der Waals surface area contributed by atoms with E-state index >= 15 is 0 Å². The van der Waals surface area contributed by atoms with Crippen LogP contribution in [0, 0.1) is 0 Å². The van der Waals surface area contributed by atoms with Gasteiger partial charge in [-0.1, -0.05) is 146 Å². The van der Waals surface area contributed by atoms with Crippen molar-refractivity contribution in [2.24, 2.45) is 0 Å². The molecule has 56 heavy (non-hydrogen) atoms. The van der Waals surface area contributed by atoms with Gasteiger partial charge >= 0.3 is 0 Å². The van der Waals surface area contributed by atoms with Crippen LogP contribution in [-0.4, -0.2) is 19.5 Å². The molecule has 260 valence electrons. The molecule has 0 aliphatic rings. The Balaban J connectivity index is 1.14. The molecule has 0 atom stereocenters. The summed E-state index contributed by atoms with van der Waals surface area (Å²) >= 11 is 0. The third kappa shape index (κ3) is 4.64. The summed E-state index contributed by atoms with van der Waals surface area (Å²) < 4.78 is 9.02. The van der Waals surface area contributed by atoms with E-state index in [0.717, 1.165) is 60.6 Å². The normalized spacial score (nSPS) is 11.9. The molecule has 0 saturated carbocycles. The smallest absolute Gasteiger partial charge is 0.164 e. The summed E-state index contributed by atoms with van der Waals surface area (Å²) in [6.45, 7) is 0. The first-order valence-corrected chi connectivity index (χ1v) is 18.9. The highest BCUT2D eigenvalue weighted by atomic mass is 16.3. The molecule has 0 fully saturated rings. The van der Waals surface area contributed by atoms with Gasteiger partial charge in [0.15, 0.2) is 17.5 Å². The van der Waals surface area contributed by atoms with E-state index in [0.29, 0.717) is 17.5 Å². The van der Waals surface area contributed by atoms with Crippen LogP contribution in [0.3, 0.4) is 0 Å². The van der Waals surface area contributed by atoms with Crippen LogP contribution in [0.1, 0.15) is 0 Å². The Morgan fingerprint density at radius 3 is 1.86 bits per heavy atom. The number of nitrogens with zero attached hydrogens (tertiary/aromatic N) is 4. The minimum atomic E-state index is 0.592. The molecule has 12 aromatic rings. The van der Waals surface area contributed by atoms with Gasteiger partial charge in [-0.3, -0.25) is 0 Å². The lowest BCUT2D eigenvalue weighted by Gasteiger charge is -2.12. The van der Waals surface area contributed by atoms with Gasteiger partial charge in [0.25, 0.3) is 0 Å². The van der Waals surface area contributed by atoms with E-state index in [9.17, 15) is 0 Å². The fourth-order valence-corrected chi connectivity index (χ4v) is 8.62. The lowest BCUT2D eigenvalue weighted by molar-refractivity contribution is 0.669. The minimum Gasteiger partial charge on any atom is -0.456 e. The maximum atomic E-state index is 6.60. The van der Waals surface area contributed by atoms with Gasteiger partial charge in [0, 0.05) is 49.3 Å². The number of hydrogen-bond donors (Lipinski definition) is 0. The van der Waals surface area contributed by atoms with Gasteiger partial charge in [0.1, 0.15) is 11.2 Å². The molecule has 0 unspecified atom stereocenters. The molecule has 0 amide bonds. The lowest BCUT2D eigenvalue weighted by atomic mass is 10.0. The van der Waals surface area contributed by atoms with Gasteiger partial charge in [-0.05, 0) is 63.3 Å². The quantitative estimate of drug-likeness (QED) is 0.182. The SMILES string of the molecule is c1ccc(-c2nc(-c3cccc4ccccc34)nc(-c3cccc4oc5ccc(-n6c7cc8ccccc8cc7c7ccc8ccccc8c76)cc5c34)n2)cc1. The van der Waals surface area contributed by atoms with Crippen molar-refractivity contribution in [3.63, 3.8) is 0 Å². The fraction of sp³-hybridized carbons (Fsp3) is 0. The Hall–Kier alpha value is -7.63. The van der Waals surface area contributed by atoms with Gasteiger partial charge < -0.3 is 8.98 Å². The summed E-state index contributed by atoms with van der Waals surface area (Å²) in [5.41, 5.74) is 7.76. The van der Waals surface area contributed by atoms with Gasteiger partial charge in [-0.25, -0.2) is 15.0 Å².